The van der Waals surface area contributed by atoms with Crippen molar-refractivity contribution in [3.8, 4) is 5.75 Å². The predicted octanol–water partition coefficient (Wildman–Crippen LogP) is 5.60. The number of para-hydroxylation sites is 2. The van der Waals surface area contributed by atoms with E-state index in [1.807, 2.05) is 0 Å². The number of hydrogen-bond donors (Lipinski definition) is 4. The number of ether oxygens (including phenoxy) is 1. The number of nitrogens with two attached hydrogens (primary N) is 1. The molecule has 0 radical (unpaired) electrons. The number of fused-ring (bicyclic) bond motifs is 3. The Morgan fingerprint density at radius 1 is 0.848 bits per heavy atom. The normalized spacial score (nSPS) is 14.2. The standard InChI is InChI=1S/C12H9N.C7H6F3NOS.C5H11NO/c1-3-7-11-9(5-1)10-6-2-4-8-12(10)13-11;8-7(9,10)12-5-1-3-6(13-11)4-2-5;7-5-1-3-6-4-2-5/h1-8,13H;1-4H,11H2;5-7H,1-4H2. The Morgan fingerprint density at radius 2 is 1.36 bits per heavy atom. The minimum Gasteiger partial charge on any atom is -0.406 e. The van der Waals surface area contributed by atoms with Crippen molar-refractivity contribution in [3.63, 3.8) is 0 Å². The van der Waals surface area contributed by atoms with Crippen LogP contribution in [0.5, 0.6) is 5.75 Å². The Hall–Kier alpha value is -2.72. The zero-order valence-corrected chi connectivity index (χ0v) is 18.6. The zero-order valence-electron chi connectivity index (χ0n) is 17.8. The fourth-order valence-corrected chi connectivity index (χ4v) is 3.62. The minimum atomic E-state index is -4.64. The number of alkyl halides is 3. The molecule has 1 saturated heterocycles. The molecule has 0 spiro atoms. The lowest BCUT2D eigenvalue weighted by atomic mass is 10.1. The molecule has 0 amide bonds. The summed E-state index contributed by atoms with van der Waals surface area (Å²) in [5.41, 5.74) is 2.42. The highest BCUT2D eigenvalue weighted by Crippen LogP contribution is 2.25. The van der Waals surface area contributed by atoms with Gasteiger partial charge in [0.1, 0.15) is 5.75 Å². The lowest BCUT2D eigenvalue weighted by Crippen LogP contribution is -2.30. The summed E-state index contributed by atoms with van der Waals surface area (Å²) < 4.78 is 38.7. The van der Waals surface area contributed by atoms with Crippen LogP contribution in [0.3, 0.4) is 0 Å². The van der Waals surface area contributed by atoms with Crippen molar-refractivity contribution in [1.29, 1.82) is 0 Å². The van der Waals surface area contributed by atoms with Crippen molar-refractivity contribution in [1.82, 2.24) is 10.3 Å². The molecule has 0 saturated carbocycles. The summed E-state index contributed by atoms with van der Waals surface area (Å²) in [6, 6.07) is 22.1. The molecule has 5 nitrogen and oxygen atoms in total. The molecule has 2 heterocycles. The third-order valence-corrected chi connectivity index (χ3v) is 5.46. The average molecular weight is 478 g/mol. The first-order chi connectivity index (χ1) is 15.9. The maximum atomic E-state index is 11.7. The Kier molecular flexibility index (Phi) is 9.02. The summed E-state index contributed by atoms with van der Waals surface area (Å²) in [4.78, 5) is 4.05. The zero-order chi connectivity index (χ0) is 23.7. The lowest BCUT2D eigenvalue weighted by molar-refractivity contribution is -0.274. The maximum absolute atomic E-state index is 11.7. The molecule has 1 aliphatic heterocycles. The lowest BCUT2D eigenvalue weighted by Gasteiger charge is -2.16. The first-order valence-electron chi connectivity index (χ1n) is 10.4. The van der Waals surface area contributed by atoms with Crippen LogP contribution in [0.2, 0.25) is 0 Å². The molecule has 0 aliphatic carbocycles. The molecule has 1 fully saturated rings. The summed E-state index contributed by atoms with van der Waals surface area (Å²) in [6.45, 7) is 1.97. The molecule has 4 aromatic rings. The molecular weight excluding hydrogens is 451 g/mol. The number of benzene rings is 3. The van der Waals surface area contributed by atoms with Crippen LogP contribution in [0.1, 0.15) is 12.8 Å². The topological polar surface area (TPSA) is 83.3 Å². The van der Waals surface area contributed by atoms with Crippen LogP contribution in [-0.2, 0) is 0 Å². The Morgan fingerprint density at radius 3 is 1.79 bits per heavy atom. The van der Waals surface area contributed by atoms with Gasteiger partial charge in [-0.1, -0.05) is 36.4 Å². The van der Waals surface area contributed by atoms with E-state index in [1.54, 1.807) is 0 Å². The second kappa shape index (κ2) is 11.9. The summed E-state index contributed by atoms with van der Waals surface area (Å²) in [5, 5.41) is 19.8. The Balaban J connectivity index is 0.000000146. The van der Waals surface area contributed by atoms with Gasteiger partial charge in [-0.15, -0.1) is 13.2 Å². The molecule has 5 rings (SSSR count). The minimum absolute atomic E-state index is 0.0266. The number of rotatable bonds is 2. The highest BCUT2D eigenvalue weighted by Gasteiger charge is 2.30. The largest absolute Gasteiger partial charge is 0.573 e. The van der Waals surface area contributed by atoms with Crippen molar-refractivity contribution in [3.05, 3.63) is 72.8 Å². The number of aliphatic hydroxyl groups excluding tert-OH is 1. The predicted molar refractivity (Wildman–Crippen MR) is 127 cm³/mol. The summed E-state index contributed by atoms with van der Waals surface area (Å²) in [7, 11) is 0. The number of piperidine rings is 1. The molecule has 0 bridgehead atoms. The molecule has 9 heteroatoms. The molecule has 1 aliphatic rings. The van der Waals surface area contributed by atoms with Gasteiger partial charge in [0.25, 0.3) is 0 Å². The molecule has 0 unspecified atom stereocenters. The maximum Gasteiger partial charge on any atom is 0.573 e. The van der Waals surface area contributed by atoms with Crippen molar-refractivity contribution >= 4 is 33.8 Å². The van der Waals surface area contributed by atoms with Crippen LogP contribution in [0, 0.1) is 0 Å². The van der Waals surface area contributed by atoms with Crippen LogP contribution in [0.25, 0.3) is 21.8 Å². The Labute approximate surface area is 194 Å². The first kappa shape index (κ1) is 24.9. The van der Waals surface area contributed by atoms with Gasteiger partial charge >= 0.3 is 6.36 Å². The van der Waals surface area contributed by atoms with Crippen LogP contribution in [0.4, 0.5) is 13.2 Å². The van der Waals surface area contributed by atoms with Crippen LogP contribution < -0.4 is 15.2 Å². The third kappa shape index (κ3) is 7.97. The molecule has 5 N–H and O–H groups in total. The number of halogens is 3. The van der Waals surface area contributed by atoms with Gasteiger partial charge in [0.2, 0.25) is 0 Å². The second-order valence-corrected chi connectivity index (χ2v) is 8.04. The van der Waals surface area contributed by atoms with Gasteiger partial charge < -0.3 is 20.1 Å². The van der Waals surface area contributed by atoms with E-state index >= 15 is 0 Å². The molecule has 1 aromatic heterocycles. The first-order valence-corrected chi connectivity index (χ1v) is 11.3. The van der Waals surface area contributed by atoms with Crippen LogP contribution >= 0.6 is 11.9 Å². The van der Waals surface area contributed by atoms with E-state index in [1.165, 1.54) is 46.1 Å². The SMILES string of the molecule is NSc1ccc(OC(F)(F)F)cc1.OC1CCNCC1.c1ccc2c(c1)[nH]c1ccccc12. The van der Waals surface area contributed by atoms with Gasteiger partial charge in [-0.3, -0.25) is 5.14 Å². The van der Waals surface area contributed by atoms with E-state index in [0.717, 1.165) is 37.9 Å². The van der Waals surface area contributed by atoms with Gasteiger partial charge in [-0.2, -0.15) is 0 Å². The summed E-state index contributed by atoms with van der Waals surface area (Å²) in [5.74, 6) is -0.245. The smallest absolute Gasteiger partial charge is 0.406 e. The van der Waals surface area contributed by atoms with E-state index in [9.17, 15) is 13.2 Å². The quantitative estimate of drug-likeness (QED) is 0.283. The molecular formula is C24H26F3N3O2S. The Bertz CT molecular complexity index is 1080. The van der Waals surface area contributed by atoms with Gasteiger partial charge in [-0.05, 0) is 74.3 Å². The monoisotopic (exact) mass is 477 g/mol. The number of aliphatic hydroxyl groups is 1. The van der Waals surface area contributed by atoms with E-state index in [-0.39, 0.29) is 11.9 Å². The van der Waals surface area contributed by atoms with E-state index in [2.05, 4.69) is 63.6 Å². The third-order valence-electron chi connectivity index (χ3n) is 4.92. The highest BCUT2D eigenvalue weighted by atomic mass is 32.2. The molecule has 0 atom stereocenters. The fraction of sp³-hybridized carbons (Fsp3) is 0.250. The van der Waals surface area contributed by atoms with E-state index in [4.69, 9.17) is 10.2 Å². The highest BCUT2D eigenvalue weighted by molar-refractivity contribution is 7.97. The molecule has 176 valence electrons. The van der Waals surface area contributed by atoms with Crippen molar-refractivity contribution in [2.75, 3.05) is 13.1 Å². The summed E-state index contributed by atoms with van der Waals surface area (Å²) >= 11 is 0.959. The van der Waals surface area contributed by atoms with Crippen molar-refractivity contribution < 1.29 is 23.0 Å². The van der Waals surface area contributed by atoms with Gasteiger partial charge in [0.05, 0.1) is 6.10 Å². The van der Waals surface area contributed by atoms with Gasteiger partial charge in [0, 0.05) is 26.7 Å². The average Bonchev–Trinajstić information content (AvgIpc) is 3.19. The number of aromatic amines is 1. The van der Waals surface area contributed by atoms with Crippen molar-refractivity contribution in [2.45, 2.75) is 30.2 Å². The van der Waals surface area contributed by atoms with Gasteiger partial charge in [0.15, 0.2) is 0 Å². The van der Waals surface area contributed by atoms with E-state index in [0.29, 0.717) is 4.90 Å². The number of hydrogen-bond acceptors (Lipinski definition) is 5. The molecule has 33 heavy (non-hydrogen) atoms. The molecule has 3 aromatic carbocycles. The number of H-pyrrole nitrogens is 1. The van der Waals surface area contributed by atoms with E-state index < -0.39 is 6.36 Å². The van der Waals surface area contributed by atoms with Crippen molar-refractivity contribution in [2.24, 2.45) is 5.14 Å². The summed E-state index contributed by atoms with van der Waals surface area (Å²) in [6.07, 6.45) is -2.81. The van der Waals surface area contributed by atoms with Crippen LogP contribution in [0.15, 0.2) is 77.7 Å². The van der Waals surface area contributed by atoms with Gasteiger partial charge in [-0.25, -0.2) is 0 Å². The second-order valence-electron chi connectivity index (χ2n) is 7.33. The fourth-order valence-electron chi connectivity index (χ4n) is 3.33. The van der Waals surface area contributed by atoms with Crippen LogP contribution in [-0.4, -0.2) is 35.6 Å². The number of aromatic nitrogens is 1. The number of nitrogens with one attached hydrogen (secondary N) is 2.